The lowest BCUT2D eigenvalue weighted by Gasteiger charge is -2.19. The van der Waals surface area contributed by atoms with Crippen LogP contribution in [0, 0.1) is 0 Å². The summed E-state index contributed by atoms with van der Waals surface area (Å²) in [7, 11) is 0. The smallest absolute Gasteiger partial charge is 0.146 e. The zero-order valence-electron chi connectivity index (χ0n) is 12.0. The molecule has 0 saturated heterocycles. The molecule has 0 amide bonds. The van der Waals surface area contributed by atoms with E-state index in [1.807, 2.05) is 30.3 Å². The fourth-order valence-corrected chi connectivity index (χ4v) is 1.72. The molecule has 2 N–H and O–H groups in total. The minimum absolute atomic E-state index is 0.0324. The van der Waals surface area contributed by atoms with Gasteiger partial charge >= 0.3 is 0 Å². The highest BCUT2D eigenvalue weighted by Gasteiger charge is 2.14. The maximum absolute atomic E-state index is 9.86. The van der Waals surface area contributed by atoms with Crippen LogP contribution in [0.5, 0.6) is 5.75 Å². The molecule has 0 aliphatic rings. The Labute approximate surface area is 119 Å². The van der Waals surface area contributed by atoms with E-state index < -0.39 is 0 Å². The van der Waals surface area contributed by atoms with Crippen LogP contribution in [0.25, 0.3) is 0 Å². The van der Waals surface area contributed by atoms with Crippen molar-refractivity contribution in [1.82, 2.24) is 4.98 Å². The van der Waals surface area contributed by atoms with Crippen LogP contribution in [0.3, 0.4) is 0 Å². The van der Waals surface area contributed by atoms with Crippen LogP contribution in [0.4, 0.5) is 5.82 Å². The van der Waals surface area contributed by atoms with Crippen molar-refractivity contribution in [2.24, 2.45) is 5.10 Å². The summed E-state index contributed by atoms with van der Waals surface area (Å²) in [6, 6.07) is 11.1. The number of anilines is 1. The first-order valence-electron chi connectivity index (χ1n) is 6.50. The highest BCUT2D eigenvalue weighted by atomic mass is 16.3. The van der Waals surface area contributed by atoms with E-state index in [1.54, 1.807) is 18.5 Å². The molecule has 0 radical (unpaired) electrons. The number of aromatic hydroxyl groups is 1. The molecule has 2 aromatic rings. The van der Waals surface area contributed by atoms with Gasteiger partial charge in [0.05, 0.1) is 6.21 Å². The van der Waals surface area contributed by atoms with Gasteiger partial charge in [-0.1, -0.05) is 32.9 Å². The second kappa shape index (κ2) is 5.74. The summed E-state index contributed by atoms with van der Waals surface area (Å²) < 4.78 is 0. The van der Waals surface area contributed by atoms with E-state index in [4.69, 9.17) is 0 Å². The number of nitrogens with zero attached hydrogens (tertiary/aromatic N) is 2. The summed E-state index contributed by atoms with van der Waals surface area (Å²) in [4.78, 5) is 4.10. The Kier molecular flexibility index (Phi) is 4.03. The van der Waals surface area contributed by atoms with Gasteiger partial charge in [0.15, 0.2) is 0 Å². The van der Waals surface area contributed by atoms with Gasteiger partial charge < -0.3 is 5.11 Å². The summed E-state index contributed by atoms with van der Waals surface area (Å²) in [5.74, 6) is 0.875. The average Bonchev–Trinajstić information content (AvgIpc) is 2.41. The van der Waals surface area contributed by atoms with E-state index in [2.05, 4.69) is 36.3 Å². The molecule has 0 atom stereocenters. The number of phenols is 1. The first-order valence-corrected chi connectivity index (χ1v) is 6.50. The zero-order valence-corrected chi connectivity index (χ0v) is 12.0. The maximum Gasteiger partial charge on any atom is 0.146 e. The van der Waals surface area contributed by atoms with E-state index in [0.717, 1.165) is 5.56 Å². The van der Waals surface area contributed by atoms with Gasteiger partial charge in [0.1, 0.15) is 11.6 Å². The van der Waals surface area contributed by atoms with Crippen LogP contribution in [-0.4, -0.2) is 16.3 Å². The molecule has 0 unspecified atom stereocenters. The Morgan fingerprint density at radius 2 is 2.00 bits per heavy atom. The van der Waals surface area contributed by atoms with Crippen LogP contribution >= 0.6 is 0 Å². The Morgan fingerprint density at radius 1 is 1.20 bits per heavy atom. The normalized spacial score (nSPS) is 11.8. The van der Waals surface area contributed by atoms with Crippen molar-refractivity contribution in [2.75, 3.05) is 5.43 Å². The first-order chi connectivity index (χ1) is 9.47. The van der Waals surface area contributed by atoms with Crippen molar-refractivity contribution < 1.29 is 5.11 Å². The molecule has 1 aromatic heterocycles. The molecule has 0 saturated carbocycles. The average molecular weight is 269 g/mol. The fourth-order valence-electron chi connectivity index (χ4n) is 1.72. The third-order valence-corrected chi connectivity index (χ3v) is 2.94. The molecule has 0 spiro atoms. The van der Waals surface area contributed by atoms with Gasteiger partial charge in [0.25, 0.3) is 0 Å². The molecular weight excluding hydrogens is 250 g/mol. The summed E-state index contributed by atoms with van der Waals surface area (Å²) in [5, 5.41) is 14.0. The van der Waals surface area contributed by atoms with Crippen molar-refractivity contribution in [3.8, 4) is 5.75 Å². The lowest BCUT2D eigenvalue weighted by molar-refractivity contribution is 0.473. The molecule has 0 aliphatic heterocycles. The monoisotopic (exact) mass is 269 g/mol. The number of hydrogen-bond donors (Lipinski definition) is 2. The number of aromatic nitrogens is 1. The van der Waals surface area contributed by atoms with E-state index in [-0.39, 0.29) is 11.2 Å². The van der Waals surface area contributed by atoms with Crippen molar-refractivity contribution in [3.63, 3.8) is 0 Å². The van der Waals surface area contributed by atoms with Crippen LogP contribution in [-0.2, 0) is 5.41 Å². The second-order valence-corrected chi connectivity index (χ2v) is 5.61. The van der Waals surface area contributed by atoms with Crippen molar-refractivity contribution >= 4 is 12.0 Å². The van der Waals surface area contributed by atoms with Crippen LogP contribution in [0.1, 0.15) is 31.9 Å². The van der Waals surface area contributed by atoms with Gasteiger partial charge in [0.2, 0.25) is 0 Å². The summed E-state index contributed by atoms with van der Waals surface area (Å²) in [5.41, 5.74) is 4.69. The third kappa shape index (κ3) is 3.57. The number of phenolic OH excluding ortho intramolecular Hbond substituents is 1. The topological polar surface area (TPSA) is 57.5 Å². The lowest BCUT2D eigenvalue weighted by Crippen LogP contribution is -2.11. The van der Waals surface area contributed by atoms with Crippen molar-refractivity contribution in [3.05, 3.63) is 53.7 Å². The van der Waals surface area contributed by atoms with Crippen molar-refractivity contribution in [2.45, 2.75) is 26.2 Å². The van der Waals surface area contributed by atoms with Crippen LogP contribution in [0.15, 0.2) is 47.7 Å². The first kappa shape index (κ1) is 14.1. The Bertz CT molecular complexity index is 601. The largest absolute Gasteiger partial charge is 0.507 e. The molecule has 104 valence electrons. The molecule has 20 heavy (non-hydrogen) atoms. The second-order valence-electron chi connectivity index (χ2n) is 5.61. The van der Waals surface area contributed by atoms with Gasteiger partial charge in [-0.25, -0.2) is 4.98 Å². The Hall–Kier alpha value is -2.36. The number of hydrogen-bond acceptors (Lipinski definition) is 4. The van der Waals surface area contributed by atoms with E-state index in [0.29, 0.717) is 11.4 Å². The predicted octanol–water partition coefficient (Wildman–Crippen LogP) is 3.53. The minimum atomic E-state index is 0.0324. The fraction of sp³-hybridized carbons (Fsp3) is 0.250. The number of nitrogens with one attached hydrogen (secondary N) is 1. The Morgan fingerprint density at radius 3 is 2.65 bits per heavy atom. The predicted molar refractivity (Wildman–Crippen MR) is 82.3 cm³/mol. The van der Waals surface area contributed by atoms with E-state index >= 15 is 0 Å². The van der Waals surface area contributed by atoms with Gasteiger partial charge in [-0.05, 0) is 35.2 Å². The van der Waals surface area contributed by atoms with Crippen LogP contribution in [0.2, 0.25) is 0 Å². The number of pyridine rings is 1. The van der Waals surface area contributed by atoms with E-state index in [9.17, 15) is 5.11 Å². The molecule has 0 bridgehead atoms. The zero-order chi connectivity index (χ0) is 14.6. The standard InChI is InChI=1S/C16H19N3O/c1-16(2,3)13-7-8-14(20)12(10-13)11-18-19-15-6-4-5-9-17-15/h4-11,20H,1-3H3,(H,17,19)/b18-11+. The quantitative estimate of drug-likeness (QED) is 0.662. The summed E-state index contributed by atoms with van der Waals surface area (Å²) >= 11 is 0. The van der Waals surface area contributed by atoms with Gasteiger partial charge in [-0.3, -0.25) is 5.43 Å². The maximum atomic E-state index is 9.86. The molecule has 2 rings (SSSR count). The van der Waals surface area contributed by atoms with Gasteiger partial charge in [-0.15, -0.1) is 0 Å². The molecule has 1 aromatic carbocycles. The number of benzene rings is 1. The third-order valence-electron chi connectivity index (χ3n) is 2.94. The number of rotatable bonds is 3. The van der Waals surface area contributed by atoms with Crippen LogP contribution < -0.4 is 5.43 Å². The summed E-state index contributed by atoms with van der Waals surface area (Å²) in [6.07, 6.45) is 3.29. The highest BCUT2D eigenvalue weighted by molar-refractivity contribution is 5.84. The van der Waals surface area contributed by atoms with Gasteiger partial charge in [0, 0.05) is 11.8 Å². The number of hydrazone groups is 1. The van der Waals surface area contributed by atoms with E-state index in [1.165, 1.54) is 0 Å². The molecule has 0 aliphatic carbocycles. The molecule has 0 fully saturated rings. The molecular formula is C16H19N3O. The van der Waals surface area contributed by atoms with Gasteiger partial charge in [-0.2, -0.15) is 5.10 Å². The van der Waals surface area contributed by atoms with Crippen molar-refractivity contribution in [1.29, 1.82) is 0 Å². The molecule has 4 nitrogen and oxygen atoms in total. The minimum Gasteiger partial charge on any atom is -0.507 e. The SMILES string of the molecule is CC(C)(C)c1ccc(O)c(/C=N/Nc2ccccn2)c1. The lowest BCUT2D eigenvalue weighted by atomic mass is 9.86. The molecule has 4 heteroatoms. The molecule has 1 heterocycles. The summed E-state index contributed by atoms with van der Waals surface area (Å²) in [6.45, 7) is 6.39. The highest BCUT2D eigenvalue weighted by Crippen LogP contribution is 2.26. The Balaban J connectivity index is 2.16.